The maximum absolute atomic E-state index is 4.67. The zero-order valence-corrected chi connectivity index (χ0v) is 12.8. The Kier molecular flexibility index (Phi) is 4.43. The topological polar surface area (TPSA) is 42.7 Å². The summed E-state index contributed by atoms with van der Waals surface area (Å²) >= 11 is 1.70. The number of hydrogen-bond donors (Lipinski definition) is 1. The minimum absolute atomic E-state index is 0.810. The fraction of sp³-hybridized carbons (Fsp3) is 0.250. The molecule has 0 saturated carbocycles. The monoisotopic (exact) mass is 298 g/mol. The van der Waals surface area contributed by atoms with Crippen LogP contribution >= 0.6 is 11.3 Å². The molecule has 3 aromatic rings. The summed E-state index contributed by atoms with van der Waals surface area (Å²) in [7, 11) is 1.94. The molecule has 5 heteroatoms. The van der Waals surface area contributed by atoms with Gasteiger partial charge in [-0.1, -0.05) is 30.3 Å². The highest BCUT2D eigenvalue weighted by atomic mass is 32.1. The first-order chi connectivity index (χ1) is 10.3. The molecule has 0 aliphatic carbocycles. The van der Waals surface area contributed by atoms with Gasteiger partial charge in [-0.25, -0.2) is 4.98 Å². The van der Waals surface area contributed by atoms with Gasteiger partial charge >= 0.3 is 0 Å². The molecule has 21 heavy (non-hydrogen) atoms. The van der Waals surface area contributed by atoms with Crippen LogP contribution in [0, 0.1) is 0 Å². The molecule has 4 nitrogen and oxygen atoms in total. The number of thiazole rings is 1. The Morgan fingerprint density at radius 3 is 2.81 bits per heavy atom. The standard InChI is InChI=1S/C16H18N4S/c1-20-10-8-14(19-20)7-9-17-11-16-18-15(12-21-16)13-5-3-2-4-6-13/h2-6,8,10,12,17H,7,9,11H2,1H3. The molecule has 0 amide bonds. The lowest BCUT2D eigenvalue weighted by molar-refractivity contribution is 0.663. The van der Waals surface area contributed by atoms with Crippen molar-refractivity contribution in [2.24, 2.45) is 7.05 Å². The molecule has 1 N–H and O–H groups in total. The van der Waals surface area contributed by atoms with E-state index < -0.39 is 0 Å². The number of aryl methyl sites for hydroxylation is 1. The minimum Gasteiger partial charge on any atom is -0.310 e. The van der Waals surface area contributed by atoms with E-state index in [1.54, 1.807) is 11.3 Å². The van der Waals surface area contributed by atoms with Crippen LogP contribution in [-0.4, -0.2) is 21.3 Å². The van der Waals surface area contributed by atoms with Crippen molar-refractivity contribution in [3.05, 3.63) is 58.7 Å². The van der Waals surface area contributed by atoms with E-state index in [1.807, 2.05) is 36.1 Å². The van der Waals surface area contributed by atoms with Crippen molar-refractivity contribution in [2.45, 2.75) is 13.0 Å². The van der Waals surface area contributed by atoms with Gasteiger partial charge in [-0.3, -0.25) is 4.68 Å². The lowest BCUT2D eigenvalue weighted by Gasteiger charge is -2.00. The van der Waals surface area contributed by atoms with Crippen LogP contribution in [0.1, 0.15) is 10.7 Å². The van der Waals surface area contributed by atoms with Gasteiger partial charge in [0.2, 0.25) is 0 Å². The molecule has 0 radical (unpaired) electrons. The Hall–Kier alpha value is -1.98. The van der Waals surface area contributed by atoms with Crippen molar-refractivity contribution in [1.82, 2.24) is 20.1 Å². The number of aromatic nitrogens is 3. The van der Waals surface area contributed by atoms with Crippen molar-refractivity contribution in [2.75, 3.05) is 6.54 Å². The summed E-state index contributed by atoms with van der Waals surface area (Å²) in [6, 6.07) is 12.3. The molecule has 1 aromatic carbocycles. The molecule has 2 aromatic heterocycles. The molecule has 2 heterocycles. The van der Waals surface area contributed by atoms with Gasteiger partial charge in [0.1, 0.15) is 5.01 Å². The summed E-state index contributed by atoms with van der Waals surface area (Å²) in [5, 5.41) is 11.0. The van der Waals surface area contributed by atoms with Crippen LogP contribution < -0.4 is 5.32 Å². The van der Waals surface area contributed by atoms with E-state index in [4.69, 9.17) is 0 Å². The summed E-state index contributed by atoms with van der Waals surface area (Å²) in [6.45, 7) is 1.72. The average Bonchev–Trinajstić information content (AvgIpc) is 3.14. The summed E-state index contributed by atoms with van der Waals surface area (Å²) < 4.78 is 1.84. The maximum Gasteiger partial charge on any atom is 0.107 e. The normalized spacial score (nSPS) is 10.9. The fourth-order valence-corrected chi connectivity index (χ4v) is 2.91. The summed E-state index contributed by atoms with van der Waals surface area (Å²) in [5.74, 6) is 0. The number of nitrogens with zero attached hydrogens (tertiary/aromatic N) is 3. The maximum atomic E-state index is 4.67. The van der Waals surface area contributed by atoms with Crippen LogP contribution in [0.4, 0.5) is 0 Å². The number of rotatable bonds is 6. The highest BCUT2D eigenvalue weighted by molar-refractivity contribution is 7.09. The second kappa shape index (κ2) is 6.65. The highest BCUT2D eigenvalue weighted by Crippen LogP contribution is 2.21. The summed E-state index contributed by atoms with van der Waals surface area (Å²) in [5.41, 5.74) is 3.35. The number of hydrogen-bond acceptors (Lipinski definition) is 4. The van der Waals surface area contributed by atoms with E-state index in [-0.39, 0.29) is 0 Å². The molecular weight excluding hydrogens is 280 g/mol. The van der Waals surface area contributed by atoms with Crippen molar-refractivity contribution < 1.29 is 0 Å². The van der Waals surface area contributed by atoms with Crippen LogP contribution in [0.5, 0.6) is 0 Å². The van der Waals surface area contributed by atoms with Crippen LogP contribution in [-0.2, 0) is 20.0 Å². The van der Waals surface area contributed by atoms with E-state index in [0.29, 0.717) is 0 Å². The molecule has 0 aliphatic rings. The van der Waals surface area contributed by atoms with Crippen LogP contribution in [0.15, 0.2) is 48.0 Å². The lowest BCUT2D eigenvalue weighted by atomic mass is 10.2. The van der Waals surface area contributed by atoms with Crippen LogP contribution in [0.2, 0.25) is 0 Å². The van der Waals surface area contributed by atoms with E-state index in [2.05, 4.69) is 39.0 Å². The molecule has 0 saturated heterocycles. The van der Waals surface area contributed by atoms with Crippen molar-refractivity contribution in [3.8, 4) is 11.3 Å². The van der Waals surface area contributed by atoms with Crippen LogP contribution in [0.25, 0.3) is 11.3 Å². The first-order valence-electron chi connectivity index (χ1n) is 7.00. The SMILES string of the molecule is Cn1ccc(CCNCc2nc(-c3ccccc3)cs2)n1. The fourth-order valence-electron chi connectivity index (χ4n) is 2.14. The zero-order valence-electron chi connectivity index (χ0n) is 12.0. The second-order valence-corrected chi connectivity index (χ2v) is 5.84. The quantitative estimate of drug-likeness (QED) is 0.712. The third kappa shape index (κ3) is 3.77. The number of nitrogens with one attached hydrogen (secondary N) is 1. The highest BCUT2D eigenvalue weighted by Gasteiger charge is 2.04. The van der Waals surface area contributed by atoms with Crippen molar-refractivity contribution in [1.29, 1.82) is 0 Å². The van der Waals surface area contributed by atoms with Crippen molar-refractivity contribution >= 4 is 11.3 Å². The van der Waals surface area contributed by atoms with Gasteiger partial charge in [-0.05, 0) is 6.07 Å². The molecule has 0 atom stereocenters. The predicted octanol–water partition coefficient (Wildman–Crippen LogP) is 2.88. The van der Waals surface area contributed by atoms with E-state index in [1.165, 1.54) is 5.56 Å². The average molecular weight is 298 g/mol. The molecule has 0 unspecified atom stereocenters. The van der Waals surface area contributed by atoms with E-state index in [0.717, 1.165) is 35.9 Å². The summed E-state index contributed by atoms with van der Waals surface area (Å²) in [4.78, 5) is 4.67. The molecule has 0 aliphatic heterocycles. The Balaban J connectivity index is 1.49. The largest absolute Gasteiger partial charge is 0.310 e. The molecule has 3 rings (SSSR count). The summed E-state index contributed by atoms with van der Waals surface area (Å²) in [6.07, 6.45) is 2.92. The third-order valence-corrected chi connectivity index (χ3v) is 4.07. The predicted molar refractivity (Wildman–Crippen MR) is 86.2 cm³/mol. The van der Waals surface area contributed by atoms with Crippen molar-refractivity contribution in [3.63, 3.8) is 0 Å². The van der Waals surface area contributed by atoms with Gasteiger partial charge in [-0.15, -0.1) is 11.3 Å². The van der Waals surface area contributed by atoms with Gasteiger partial charge in [0.15, 0.2) is 0 Å². The molecule has 0 bridgehead atoms. The second-order valence-electron chi connectivity index (χ2n) is 4.90. The lowest BCUT2D eigenvalue weighted by Crippen LogP contribution is -2.16. The Morgan fingerprint density at radius 2 is 2.05 bits per heavy atom. The first kappa shape index (κ1) is 14.0. The molecule has 0 spiro atoms. The van der Waals surface area contributed by atoms with Gasteiger partial charge in [0.05, 0.1) is 11.4 Å². The van der Waals surface area contributed by atoms with Gasteiger partial charge < -0.3 is 5.32 Å². The minimum atomic E-state index is 0.810. The Morgan fingerprint density at radius 1 is 1.19 bits per heavy atom. The molecule has 0 fully saturated rings. The first-order valence-corrected chi connectivity index (χ1v) is 7.88. The van der Waals surface area contributed by atoms with Gasteiger partial charge in [0.25, 0.3) is 0 Å². The Labute approximate surface area is 128 Å². The Bertz CT molecular complexity index is 687. The van der Waals surface area contributed by atoms with Crippen LogP contribution in [0.3, 0.4) is 0 Å². The van der Waals surface area contributed by atoms with E-state index in [9.17, 15) is 0 Å². The number of benzene rings is 1. The zero-order chi connectivity index (χ0) is 14.5. The van der Waals surface area contributed by atoms with Gasteiger partial charge in [-0.2, -0.15) is 5.10 Å². The molecular formula is C16H18N4S. The molecule has 108 valence electrons. The van der Waals surface area contributed by atoms with Gasteiger partial charge in [0, 0.05) is 43.7 Å². The van der Waals surface area contributed by atoms with E-state index >= 15 is 0 Å². The smallest absolute Gasteiger partial charge is 0.107 e. The third-order valence-electron chi connectivity index (χ3n) is 3.22.